The summed E-state index contributed by atoms with van der Waals surface area (Å²) in [5.74, 6) is -0.730. The van der Waals surface area contributed by atoms with Gasteiger partial charge in [0.1, 0.15) is 0 Å². The normalized spacial score (nSPS) is 14.3. The average molecular weight is 280 g/mol. The zero-order valence-corrected chi connectivity index (χ0v) is 12.1. The molecular weight excluding hydrogens is 259 g/mol. The molecule has 106 valence electrons. The van der Waals surface area contributed by atoms with Gasteiger partial charge in [-0.2, -0.15) is 0 Å². The van der Waals surface area contributed by atoms with Crippen LogP contribution < -0.4 is 0 Å². The third-order valence-electron chi connectivity index (χ3n) is 2.19. The van der Waals surface area contributed by atoms with Crippen LogP contribution in [0.2, 0.25) is 0 Å². The molecule has 18 heavy (non-hydrogen) atoms. The van der Waals surface area contributed by atoms with Gasteiger partial charge in [-0.3, -0.25) is 4.57 Å². The van der Waals surface area contributed by atoms with Crippen molar-refractivity contribution >= 4 is 13.6 Å². The van der Waals surface area contributed by atoms with Crippen molar-refractivity contribution in [2.45, 2.75) is 33.4 Å². The van der Waals surface area contributed by atoms with Gasteiger partial charge in [0.2, 0.25) is 0 Å². The molecule has 0 spiro atoms. The lowest BCUT2D eigenvalue weighted by molar-refractivity contribution is -0.138. The molecule has 6 nitrogen and oxygen atoms in total. The van der Waals surface area contributed by atoms with E-state index in [2.05, 4.69) is 0 Å². The van der Waals surface area contributed by atoms with Gasteiger partial charge >= 0.3 is 13.6 Å². The Kier molecular flexibility index (Phi) is 7.91. The Morgan fingerprint density at radius 3 is 2.06 bits per heavy atom. The zero-order valence-electron chi connectivity index (χ0n) is 11.2. The van der Waals surface area contributed by atoms with Gasteiger partial charge in [0.25, 0.3) is 0 Å². The summed E-state index contributed by atoms with van der Waals surface area (Å²) in [7, 11) is -3.49. The monoisotopic (exact) mass is 280 g/mol. The SMILES string of the molecule is CCOC(=O)/C(=C/O)C(C)P(=O)(OCC)OCC. The van der Waals surface area contributed by atoms with Crippen molar-refractivity contribution in [1.82, 2.24) is 0 Å². The lowest BCUT2D eigenvalue weighted by Gasteiger charge is -2.23. The second-order valence-electron chi connectivity index (χ2n) is 3.36. The lowest BCUT2D eigenvalue weighted by atomic mass is 10.2. The van der Waals surface area contributed by atoms with E-state index in [9.17, 15) is 9.36 Å². The van der Waals surface area contributed by atoms with E-state index in [1.54, 1.807) is 20.8 Å². The van der Waals surface area contributed by atoms with Crippen molar-refractivity contribution in [1.29, 1.82) is 0 Å². The van der Waals surface area contributed by atoms with Crippen LogP contribution in [0, 0.1) is 0 Å². The fourth-order valence-electron chi connectivity index (χ4n) is 1.34. The van der Waals surface area contributed by atoms with Crippen molar-refractivity contribution in [3.63, 3.8) is 0 Å². The number of hydrogen-bond donors (Lipinski definition) is 1. The van der Waals surface area contributed by atoms with Crippen molar-refractivity contribution in [3.8, 4) is 0 Å². The molecule has 0 aliphatic carbocycles. The number of carbonyl (C=O) groups excluding carboxylic acids is 1. The van der Waals surface area contributed by atoms with Crippen LogP contribution in [0.3, 0.4) is 0 Å². The highest BCUT2D eigenvalue weighted by Gasteiger charge is 2.38. The zero-order chi connectivity index (χ0) is 14.2. The summed E-state index contributed by atoms with van der Waals surface area (Å²) in [4.78, 5) is 11.6. The van der Waals surface area contributed by atoms with Crippen LogP contribution in [0.25, 0.3) is 0 Å². The van der Waals surface area contributed by atoms with Crippen molar-refractivity contribution < 1.29 is 28.3 Å². The molecule has 0 bridgehead atoms. The topological polar surface area (TPSA) is 82.1 Å². The smallest absolute Gasteiger partial charge is 0.338 e. The predicted molar refractivity (Wildman–Crippen MR) is 67.7 cm³/mol. The van der Waals surface area contributed by atoms with E-state index < -0.39 is 19.2 Å². The molecule has 0 saturated carbocycles. The molecule has 0 fully saturated rings. The molecule has 0 aromatic heterocycles. The minimum atomic E-state index is -3.49. The second-order valence-corrected chi connectivity index (χ2v) is 5.73. The van der Waals surface area contributed by atoms with Crippen LogP contribution in [0.5, 0.6) is 0 Å². The second kappa shape index (κ2) is 8.29. The van der Waals surface area contributed by atoms with Gasteiger partial charge in [-0.15, -0.1) is 0 Å². The Balaban J connectivity index is 5.10. The first-order valence-electron chi connectivity index (χ1n) is 5.86. The number of carbonyl (C=O) groups is 1. The largest absolute Gasteiger partial charge is 0.515 e. The fourth-order valence-corrected chi connectivity index (χ4v) is 3.09. The molecule has 1 N–H and O–H groups in total. The Bertz CT molecular complexity index is 328. The summed E-state index contributed by atoms with van der Waals surface area (Å²) in [6.45, 7) is 7.01. The number of aliphatic hydroxyl groups excluding tert-OH is 1. The van der Waals surface area contributed by atoms with Crippen LogP contribution in [-0.4, -0.2) is 36.6 Å². The van der Waals surface area contributed by atoms with Gasteiger partial charge in [-0.1, -0.05) is 0 Å². The first-order valence-corrected chi connectivity index (χ1v) is 7.48. The first-order chi connectivity index (χ1) is 8.46. The van der Waals surface area contributed by atoms with Crippen LogP contribution in [-0.2, 0) is 23.1 Å². The number of rotatable bonds is 8. The number of esters is 1. The molecule has 0 rings (SSSR count). The van der Waals surface area contributed by atoms with Gasteiger partial charge in [-0.25, -0.2) is 4.79 Å². The predicted octanol–water partition coefficient (Wildman–Crippen LogP) is 2.65. The minimum Gasteiger partial charge on any atom is -0.515 e. The van der Waals surface area contributed by atoms with Gasteiger partial charge in [-0.05, 0) is 27.7 Å². The fraction of sp³-hybridized carbons (Fsp3) is 0.727. The maximum absolute atomic E-state index is 12.4. The van der Waals surface area contributed by atoms with Crippen molar-refractivity contribution in [2.24, 2.45) is 0 Å². The summed E-state index contributed by atoms with van der Waals surface area (Å²) in [5.41, 5.74) is -1.01. The standard InChI is InChI=1S/C11H21O6P/c1-5-15-11(13)10(8-12)9(4)18(14,16-6-2)17-7-3/h8-9,12H,5-7H2,1-4H3/b10-8+. The van der Waals surface area contributed by atoms with Gasteiger partial charge < -0.3 is 18.9 Å². The Labute approximate surface area is 107 Å². The van der Waals surface area contributed by atoms with Gasteiger partial charge in [0.15, 0.2) is 0 Å². The quantitative estimate of drug-likeness (QED) is 0.318. The molecule has 0 amide bonds. The number of hydrogen-bond acceptors (Lipinski definition) is 6. The molecule has 0 aliphatic rings. The van der Waals surface area contributed by atoms with E-state index in [1.165, 1.54) is 6.92 Å². The molecule has 0 heterocycles. The molecule has 7 heteroatoms. The third kappa shape index (κ3) is 4.44. The van der Waals surface area contributed by atoms with Crippen molar-refractivity contribution in [3.05, 3.63) is 11.8 Å². The lowest BCUT2D eigenvalue weighted by Crippen LogP contribution is -2.20. The summed E-state index contributed by atoms with van der Waals surface area (Å²) in [5, 5.41) is 9.10. The first kappa shape index (κ1) is 17.2. The number of aliphatic hydroxyl groups is 1. The van der Waals surface area contributed by atoms with Crippen LogP contribution in [0.4, 0.5) is 0 Å². The molecule has 0 aromatic rings. The average Bonchev–Trinajstić information content (AvgIpc) is 2.30. The van der Waals surface area contributed by atoms with Crippen LogP contribution in [0.1, 0.15) is 27.7 Å². The molecule has 0 aliphatic heterocycles. The van der Waals surface area contributed by atoms with E-state index >= 15 is 0 Å². The van der Waals surface area contributed by atoms with Crippen molar-refractivity contribution in [2.75, 3.05) is 19.8 Å². The van der Waals surface area contributed by atoms with E-state index in [1.807, 2.05) is 0 Å². The summed E-state index contributed by atoms with van der Waals surface area (Å²) in [6.07, 6.45) is 0.591. The minimum absolute atomic E-state index is 0.123. The summed E-state index contributed by atoms with van der Waals surface area (Å²) >= 11 is 0. The van der Waals surface area contributed by atoms with Crippen LogP contribution >= 0.6 is 7.60 Å². The Morgan fingerprint density at radius 2 is 1.72 bits per heavy atom. The molecular formula is C11H21O6P. The van der Waals surface area contributed by atoms with Gasteiger partial charge in [0, 0.05) is 0 Å². The molecule has 0 radical (unpaired) electrons. The third-order valence-corrected chi connectivity index (χ3v) is 4.66. The summed E-state index contributed by atoms with van der Waals surface area (Å²) in [6, 6.07) is 0. The Hall–Kier alpha value is -0.840. The highest BCUT2D eigenvalue weighted by Crippen LogP contribution is 2.55. The van der Waals surface area contributed by atoms with E-state index in [4.69, 9.17) is 18.9 Å². The van der Waals surface area contributed by atoms with E-state index in [0.29, 0.717) is 6.26 Å². The molecule has 0 saturated heterocycles. The molecule has 1 atom stereocenters. The Morgan fingerprint density at radius 1 is 1.22 bits per heavy atom. The maximum atomic E-state index is 12.4. The highest BCUT2D eigenvalue weighted by atomic mass is 31.2. The van der Waals surface area contributed by atoms with E-state index in [0.717, 1.165) is 0 Å². The highest BCUT2D eigenvalue weighted by molar-refractivity contribution is 7.55. The maximum Gasteiger partial charge on any atom is 0.338 e. The summed E-state index contributed by atoms with van der Waals surface area (Å²) < 4.78 is 27.4. The molecule has 1 unspecified atom stereocenters. The molecule has 0 aromatic carbocycles. The van der Waals surface area contributed by atoms with E-state index in [-0.39, 0.29) is 25.4 Å². The number of ether oxygens (including phenoxy) is 1. The van der Waals surface area contributed by atoms with Crippen LogP contribution in [0.15, 0.2) is 11.8 Å². The van der Waals surface area contributed by atoms with Gasteiger partial charge in [0.05, 0.1) is 37.3 Å².